The van der Waals surface area contributed by atoms with E-state index in [9.17, 15) is 5.11 Å². The summed E-state index contributed by atoms with van der Waals surface area (Å²) in [7, 11) is 0. The van der Waals surface area contributed by atoms with Gasteiger partial charge < -0.3 is 5.11 Å². The minimum Gasteiger partial charge on any atom is -0.386 e. The molecule has 3 nitrogen and oxygen atoms in total. The topological polar surface area (TPSA) is 46.0 Å². The molecule has 0 saturated heterocycles. The first kappa shape index (κ1) is 12.7. The van der Waals surface area contributed by atoms with E-state index in [1.54, 1.807) is 18.6 Å². The number of pyridine rings is 2. The molecule has 5 heteroatoms. The number of nitrogens with zero attached hydrogens (tertiary/aromatic N) is 2. The van der Waals surface area contributed by atoms with Crippen molar-refractivity contribution < 1.29 is 5.11 Å². The molecule has 0 bridgehead atoms. The van der Waals surface area contributed by atoms with E-state index in [4.69, 9.17) is 0 Å². The van der Waals surface area contributed by atoms with Crippen LogP contribution >= 0.6 is 31.9 Å². The van der Waals surface area contributed by atoms with Crippen LogP contribution in [0.2, 0.25) is 0 Å². The first-order valence-corrected chi connectivity index (χ1v) is 6.63. The summed E-state index contributed by atoms with van der Waals surface area (Å²) in [5, 5.41) is 10.1. The molecule has 2 aromatic heterocycles. The van der Waals surface area contributed by atoms with Crippen LogP contribution in [0.15, 0.2) is 45.7 Å². The van der Waals surface area contributed by atoms with Crippen molar-refractivity contribution in [3.05, 3.63) is 57.0 Å². The quantitative estimate of drug-likeness (QED) is 0.916. The van der Waals surface area contributed by atoms with Crippen LogP contribution in [0, 0.1) is 0 Å². The Morgan fingerprint density at radius 3 is 2.76 bits per heavy atom. The molecule has 0 amide bonds. The van der Waals surface area contributed by atoms with Gasteiger partial charge in [0.15, 0.2) is 0 Å². The number of aliphatic hydroxyl groups excluding tert-OH is 1. The van der Waals surface area contributed by atoms with Gasteiger partial charge in [-0.1, -0.05) is 6.07 Å². The molecule has 0 fully saturated rings. The lowest BCUT2D eigenvalue weighted by molar-refractivity contribution is 0.172. The van der Waals surface area contributed by atoms with Crippen molar-refractivity contribution in [3.8, 4) is 0 Å². The lowest BCUT2D eigenvalue weighted by Gasteiger charge is -2.11. The zero-order valence-electron chi connectivity index (χ0n) is 8.85. The van der Waals surface area contributed by atoms with Crippen molar-refractivity contribution in [1.29, 1.82) is 0 Å². The van der Waals surface area contributed by atoms with Gasteiger partial charge in [0.05, 0.1) is 5.69 Å². The third-order valence-electron chi connectivity index (χ3n) is 2.30. The Balaban J connectivity index is 2.17. The van der Waals surface area contributed by atoms with Crippen LogP contribution in [0.1, 0.15) is 17.4 Å². The smallest absolute Gasteiger partial charge is 0.101 e. The minimum absolute atomic E-state index is 0.501. The van der Waals surface area contributed by atoms with E-state index in [1.807, 2.05) is 18.2 Å². The van der Waals surface area contributed by atoms with Gasteiger partial charge in [0.2, 0.25) is 0 Å². The standard InChI is InChI=1S/C12H10Br2N2O/c13-9-5-10(14)12(16-7-9)11(17)4-8-2-1-3-15-6-8/h1-3,5-7,11,17H,4H2. The van der Waals surface area contributed by atoms with Gasteiger partial charge in [-0.25, -0.2) is 0 Å². The van der Waals surface area contributed by atoms with E-state index < -0.39 is 6.10 Å². The van der Waals surface area contributed by atoms with Crippen molar-refractivity contribution in [2.75, 3.05) is 0 Å². The highest BCUT2D eigenvalue weighted by Crippen LogP contribution is 2.26. The Hall–Kier alpha value is -0.780. The van der Waals surface area contributed by atoms with Gasteiger partial charge in [-0.15, -0.1) is 0 Å². The Bertz CT molecular complexity index is 505. The second-order valence-corrected chi connectivity index (χ2v) is 5.37. The van der Waals surface area contributed by atoms with Crippen molar-refractivity contribution in [3.63, 3.8) is 0 Å². The van der Waals surface area contributed by atoms with Crippen LogP contribution < -0.4 is 0 Å². The molecular weight excluding hydrogens is 348 g/mol. The molecule has 1 atom stereocenters. The van der Waals surface area contributed by atoms with Crippen molar-refractivity contribution >= 4 is 31.9 Å². The third-order valence-corrected chi connectivity index (χ3v) is 3.37. The van der Waals surface area contributed by atoms with Crippen LogP contribution in [-0.4, -0.2) is 15.1 Å². The molecule has 0 aliphatic carbocycles. The van der Waals surface area contributed by atoms with Gasteiger partial charge in [0, 0.05) is 34.0 Å². The molecule has 2 aromatic rings. The number of aliphatic hydroxyl groups is 1. The average molecular weight is 358 g/mol. The fourth-order valence-corrected chi connectivity index (χ4v) is 2.76. The SMILES string of the molecule is OC(Cc1cccnc1)c1ncc(Br)cc1Br. The second kappa shape index (κ2) is 5.71. The monoisotopic (exact) mass is 356 g/mol. The largest absolute Gasteiger partial charge is 0.386 e. The highest BCUT2D eigenvalue weighted by molar-refractivity contribution is 9.11. The molecule has 0 saturated carbocycles. The van der Waals surface area contributed by atoms with E-state index in [1.165, 1.54) is 0 Å². The van der Waals surface area contributed by atoms with Crippen LogP contribution in [-0.2, 0) is 6.42 Å². The fourth-order valence-electron chi connectivity index (χ4n) is 1.51. The molecule has 1 unspecified atom stereocenters. The minimum atomic E-state index is -0.637. The predicted molar refractivity (Wildman–Crippen MR) is 72.5 cm³/mol. The third kappa shape index (κ3) is 3.34. The van der Waals surface area contributed by atoms with Gasteiger partial charge >= 0.3 is 0 Å². The van der Waals surface area contributed by atoms with Crippen LogP contribution in [0.5, 0.6) is 0 Å². The van der Waals surface area contributed by atoms with Crippen LogP contribution in [0.25, 0.3) is 0 Å². The van der Waals surface area contributed by atoms with Gasteiger partial charge in [0.25, 0.3) is 0 Å². The maximum atomic E-state index is 10.1. The van der Waals surface area contributed by atoms with Gasteiger partial charge in [0.1, 0.15) is 6.10 Å². The van der Waals surface area contributed by atoms with E-state index in [0.29, 0.717) is 12.1 Å². The second-order valence-electron chi connectivity index (χ2n) is 3.60. The molecule has 88 valence electrons. The summed E-state index contributed by atoms with van der Waals surface area (Å²) in [6, 6.07) is 5.66. The van der Waals surface area contributed by atoms with E-state index >= 15 is 0 Å². The van der Waals surface area contributed by atoms with E-state index in [-0.39, 0.29) is 0 Å². The van der Waals surface area contributed by atoms with Crippen LogP contribution in [0.3, 0.4) is 0 Å². The summed E-state index contributed by atoms with van der Waals surface area (Å²) in [6.07, 6.45) is 4.99. The summed E-state index contributed by atoms with van der Waals surface area (Å²) < 4.78 is 1.67. The number of hydrogen-bond acceptors (Lipinski definition) is 3. The van der Waals surface area contributed by atoms with Gasteiger partial charge in [-0.05, 0) is 49.6 Å². The molecule has 1 N–H and O–H groups in total. The predicted octanol–water partition coefficient (Wildman–Crippen LogP) is 3.28. The highest BCUT2D eigenvalue weighted by Gasteiger charge is 2.13. The first-order chi connectivity index (χ1) is 8.16. The van der Waals surface area contributed by atoms with Gasteiger partial charge in [-0.2, -0.15) is 0 Å². The van der Waals surface area contributed by atoms with Gasteiger partial charge in [-0.3, -0.25) is 9.97 Å². The summed E-state index contributed by atoms with van der Waals surface area (Å²) in [4.78, 5) is 8.23. The maximum absolute atomic E-state index is 10.1. The number of rotatable bonds is 3. The normalized spacial score (nSPS) is 12.4. The Labute approximate surface area is 116 Å². The Kier molecular flexibility index (Phi) is 4.25. The van der Waals surface area contributed by atoms with Crippen LogP contribution in [0.4, 0.5) is 0 Å². The molecular formula is C12H10Br2N2O. The average Bonchev–Trinajstić information content (AvgIpc) is 2.30. The number of halogens is 2. The maximum Gasteiger partial charge on any atom is 0.101 e. The molecule has 0 aliphatic heterocycles. The summed E-state index contributed by atoms with van der Waals surface area (Å²) >= 11 is 6.72. The summed E-state index contributed by atoms with van der Waals surface area (Å²) in [5.41, 5.74) is 1.62. The lowest BCUT2D eigenvalue weighted by Crippen LogP contribution is -2.05. The molecule has 0 aliphatic rings. The first-order valence-electron chi connectivity index (χ1n) is 5.04. The van der Waals surface area contributed by atoms with E-state index in [2.05, 4.69) is 41.8 Å². The zero-order chi connectivity index (χ0) is 12.3. The van der Waals surface area contributed by atoms with Crippen molar-refractivity contribution in [2.45, 2.75) is 12.5 Å². The summed E-state index contributed by atoms with van der Waals surface area (Å²) in [6.45, 7) is 0. The van der Waals surface area contributed by atoms with Crippen molar-refractivity contribution in [2.24, 2.45) is 0 Å². The molecule has 0 aromatic carbocycles. The number of aromatic nitrogens is 2. The Morgan fingerprint density at radius 1 is 1.29 bits per heavy atom. The molecule has 0 radical (unpaired) electrons. The van der Waals surface area contributed by atoms with Crippen molar-refractivity contribution in [1.82, 2.24) is 9.97 Å². The zero-order valence-corrected chi connectivity index (χ0v) is 12.0. The highest BCUT2D eigenvalue weighted by atomic mass is 79.9. The molecule has 2 rings (SSSR count). The summed E-state index contributed by atoms with van der Waals surface area (Å²) in [5.74, 6) is 0. The lowest BCUT2D eigenvalue weighted by atomic mass is 10.1. The fraction of sp³-hybridized carbons (Fsp3) is 0.167. The number of hydrogen-bond donors (Lipinski definition) is 1. The molecule has 2 heterocycles. The Morgan fingerprint density at radius 2 is 2.12 bits per heavy atom. The molecule has 17 heavy (non-hydrogen) atoms. The van der Waals surface area contributed by atoms with E-state index in [0.717, 1.165) is 14.5 Å². The molecule has 0 spiro atoms.